The number of phosphoric acid groups is 2. The van der Waals surface area contributed by atoms with Crippen LogP contribution in [0.25, 0.3) is 0 Å². The molecule has 0 unspecified atom stereocenters. The quantitative estimate of drug-likeness (QED) is 0.448. The van der Waals surface area contributed by atoms with Gasteiger partial charge in [0.05, 0.1) is 5.56 Å². The largest absolute Gasteiger partial charge is 0.524 e. The molecule has 0 saturated carbocycles. The van der Waals surface area contributed by atoms with Crippen molar-refractivity contribution in [2.24, 2.45) is 0 Å². The highest BCUT2D eigenvalue weighted by atomic mass is 31.2. The standard InChI is InChI=1S/C7H8O9P2/c8-4-5-6(15-17(9,10)11)2-1-3-7(5)16-18(12,13)14/h1-4H,(H2,9,10,11)(H2,12,13,14). The maximum absolute atomic E-state index is 10.8. The molecule has 0 aliphatic carbocycles. The topological polar surface area (TPSA) is 151 Å². The van der Waals surface area contributed by atoms with Gasteiger partial charge < -0.3 is 9.05 Å². The van der Waals surface area contributed by atoms with Crippen molar-refractivity contribution in [2.75, 3.05) is 0 Å². The normalized spacial score (nSPS) is 12.0. The highest BCUT2D eigenvalue weighted by molar-refractivity contribution is 7.47. The Balaban J connectivity index is 3.22. The predicted molar refractivity (Wildman–Crippen MR) is 57.2 cm³/mol. The molecule has 1 aromatic carbocycles. The SMILES string of the molecule is O=Cc1c(OP(=O)(O)O)cccc1OP(=O)(O)O. The number of hydrogen-bond acceptors (Lipinski definition) is 5. The maximum atomic E-state index is 10.8. The van der Waals surface area contributed by atoms with Gasteiger partial charge in [0, 0.05) is 0 Å². The number of rotatable bonds is 5. The van der Waals surface area contributed by atoms with E-state index >= 15 is 0 Å². The Hall–Kier alpha value is -1.21. The lowest BCUT2D eigenvalue weighted by molar-refractivity contribution is 0.112. The monoisotopic (exact) mass is 298 g/mol. The smallest absolute Gasteiger partial charge is 0.403 e. The summed E-state index contributed by atoms with van der Waals surface area (Å²) in [7, 11) is -9.81. The van der Waals surface area contributed by atoms with E-state index in [4.69, 9.17) is 19.6 Å². The van der Waals surface area contributed by atoms with Gasteiger partial charge in [-0.2, -0.15) is 0 Å². The summed E-state index contributed by atoms with van der Waals surface area (Å²) in [5.41, 5.74) is -0.524. The Labute approximate surface area is 100 Å². The summed E-state index contributed by atoms with van der Waals surface area (Å²) in [5, 5.41) is 0. The van der Waals surface area contributed by atoms with E-state index in [1.165, 1.54) is 0 Å². The fourth-order valence-corrected chi connectivity index (χ4v) is 1.89. The second-order valence-corrected chi connectivity index (χ2v) is 5.28. The van der Waals surface area contributed by atoms with E-state index < -0.39 is 32.7 Å². The van der Waals surface area contributed by atoms with Gasteiger partial charge in [0.2, 0.25) is 0 Å². The molecule has 0 amide bonds. The number of carbonyl (C=O) groups excluding carboxylic acids is 1. The van der Waals surface area contributed by atoms with E-state index in [9.17, 15) is 13.9 Å². The minimum absolute atomic E-state index is 0.0932. The summed E-state index contributed by atoms with van der Waals surface area (Å²) in [4.78, 5) is 45.1. The molecule has 0 saturated heterocycles. The van der Waals surface area contributed by atoms with E-state index in [0.29, 0.717) is 0 Å². The van der Waals surface area contributed by atoms with Gasteiger partial charge in [-0.1, -0.05) is 6.07 Å². The molecule has 0 aliphatic heterocycles. The predicted octanol–water partition coefficient (Wildman–Crippen LogP) is 0.442. The summed E-state index contributed by atoms with van der Waals surface area (Å²) in [6.07, 6.45) is 0.0932. The molecule has 11 heteroatoms. The van der Waals surface area contributed by atoms with Crippen LogP contribution in [0.3, 0.4) is 0 Å². The Morgan fingerprint density at radius 1 is 0.944 bits per heavy atom. The van der Waals surface area contributed by atoms with Crippen molar-refractivity contribution in [3.8, 4) is 11.5 Å². The second kappa shape index (κ2) is 5.19. The fourth-order valence-electron chi connectivity index (χ4n) is 1.06. The first-order valence-electron chi connectivity index (χ1n) is 4.21. The second-order valence-electron chi connectivity index (χ2n) is 2.95. The minimum Gasteiger partial charge on any atom is -0.403 e. The minimum atomic E-state index is -4.91. The Bertz CT molecular complexity index is 500. The van der Waals surface area contributed by atoms with Gasteiger partial charge in [-0.25, -0.2) is 9.13 Å². The lowest BCUT2D eigenvalue weighted by atomic mass is 10.2. The zero-order chi connectivity index (χ0) is 14.0. The zero-order valence-electron chi connectivity index (χ0n) is 8.53. The first-order chi connectivity index (χ1) is 8.12. The third kappa shape index (κ3) is 4.58. The molecule has 18 heavy (non-hydrogen) atoms. The Morgan fingerprint density at radius 3 is 1.61 bits per heavy atom. The lowest BCUT2D eigenvalue weighted by Gasteiger charge is -2.13. The van der Waals surface area contributed by atoms with E-state index in [-0.39, 0.29) is 6.29 Å². The zero-order valence-corrected chi connectivity index (χ0v) is 10.3. The fraction of sp³-hybridized carbons (Fsp3) is 0. The molecule has 100 valence electrons. The maximum Gasteiger partial charge on any atom is 0.524 e. The molecule has 4 N–H and O–H groups in total. The van der Waals surface area contributed by atoms with E-state index in [1.54, 1.807) is 0 Å². The third-order valence-electron chi connectivity index (χ3n) is 1.58. The van der Waals surface area contributed by atoms with Gasteiger partial charge in [0.15, 0.2) is 6.29 Å². The van der Waals surface area contributed by atoms with Crippen LogP contribution in [0.4, 0.5) is 0 Å². The molecule has 1 rings (SSSR count). The van der Waals surface area contributed by atoms with Crippen LogP contribution in [-0.4, -0.2) is 25.9 Å². The van der Waals surface area contributed by atoms with Crippen LogP contribution < -0.4 is 9.05 Å². The number of carbonyl (C=O) groups is 1. The van der Waals surface area contributed by atoms with Gasteiger partial charge in [-0.05, 0) is 12.1 Å². The van der Waals surface area contributed by atoms with E-state index in [2.05, 4.69) is 9.05 Å². The van der Waals surface area contributed by atoms with Crippen molar-refractivity contribution in [3.05, 3.63) is 23.8 Å². The first-order valence-corrected chi connectivity index (χ1v) is 7.27. The van der Waals surface area contributed by atoms with E-state index in [1.807, 2.05) is 0 Å². The summed E-state index contributed by atoms with van der Waals surface area (Å²) >= 11 is 0. The van der Waals surface area contributed by atoms with Gasteiger partial charge >= 0.3 is 15.6 Å². The number of hydrogen-bond donors (Lipinski definition) is 4. The molecule has 0 aliphatic rings. The summed E-state index contributed by atoms with van der Waals surface area (Å²) in [6.45, 7) is 0. The summed E-state index contributed by atoms with van der Waals surface area (Å²) in [5.74, 6) is -1.10. The molecular weight excluding hydrogens is 290 g/mol. The van der Waals surface area contributed by atoms with Crippen LogP contribution in [0.2, 0.25) is 0 Å². The van der Waals surface area contributed by atoms with Crippen LogP contribution in [0.5, 0.6) is 11.5 Å². The molecule has 1 aromatic rings. The number of benzene rings is 1. The van der Waals surface area contributed by atoms with Crippen molar-refractivity contribution < 1.29 is 42.5 Å². The molecule has 0 fully saturated rings. The van der Waals surface area contributed by atoms with Gasteiger partial charge in [0.1, 0.15) is 11.5 Å². The van der Waals surface area contributed by atoms with Crippen molar-refractivity contribution in [2.45, 2.75) is 0 Å². The molecule has 0 radical (unpaired) electrons. The average Bonchev–Trinajstić information content (AvgIpc) is 2.12. The summed E-state index contributed by atoms with van der Waals surface area (Å²) < 4.78 is 29.6. The first kappa shape index (κ1) is 14.8. The molecule has 0 aromatic heterocycles. The highest BCUT2D eigenvalue weighted by Crippen LogP contribution is 2.44. The summed E-state index contributed by atoms with van der Waals surface area (Å²) in [6, 6.07) is 3.22. The Morgan fingerprint density at radius 2 is 1.33 bits per heavy atom. The van der Waals surface area contributed by atoms with Crippen molar-refractivity contribution in [1.29, 1.82) is 0 Å². The van der Waals surface area contributed by atoms with Crippen LogP contribution >= 0.6 is 15.6 Å². The van der Waals surface area contributed by atoms with Crippen molar-refractivity contribution in [1.82, 2.24) is 0 Å². The number of aldehydes is 1. The third-order valence-corrected chi connectivity index (χ3v) is 2.45. The van der Waals surface area contributed by atoms with E-state index in [0.717, 1.165) is 18.2 Å². The van der Waals surface area contributed by atoms with Gasteiger partial charge in [-0.3, -0.25) is 24.4 Å². The molecule has 0 bridgehead atoms. The molecular formula is C7H8O9P2. The molecule has 0 heterocycles. The van der Waals surface area contributed by atoms with Crippen LogP contribution in [-0.2, 0) is 9.13 Å². The number of phosphoric ester groups is 2. The Kier molecular flexibility index (Phi) is 4.28. The van der Waals surface area contributed by atoms with Crippen LogP contribution in [0.1, 0.15) is 10.4 Å². The van der Waals surface area contributed by atoms with Crippen molar-refractivity contribution >= 4 is 21.9 Å². The lowest BCUT2D eigenvalue weighted by Crippen LogP contribution is -1.99. The van der Waals surface area contributed by atoms with Gasteiger partial charge in [-0.15, -0.1) is 0 Å². The highest BCUT2D eigenvalue weighted by Gasteiger charge is 2.23. The van der Waals surface area contributed by atoms with Crippen LogP contribution in [0.15, 0.2) is 18.2 Å². The average molecular weight is 298 g/mol. The van der Waals surface area contributed by atoms with Gasteiger partial charge in [0.25, 0.3) is 0 Å². The molecule has 0 spiro atoms. The van der Waals surface area contributed by atoms with Crippen LogP contribution in [0, 0.1) is 0 Å². The molecule has 9 nitrogen and oxygen atoms in total. The molecule has 0 atom stereocenters. The van der Waals surface area contributed by atoms with Crippen molar-refractivity contribution in [3.63, 3.8) is 0 Å².